The van der Waals surface area contributed by atoms with E-state index in [9.17, 15) is 0 Å². The Labute approximate surface area is 93.4 Å². The van der Waals surface area contributed by atoms with Gasteiger partial charge >= 0.3 is 0 Å². The van der Waals surface area contributed by atoms with Crippen molar-refractivity contribution in [1.29, 1.82) is 0 Å². The van der Waals surface area contributed by atoms with Crippen molar-refractivity contribution in [3.8, 4) is 0 Å². The molecule has 0 aromatic heterocycles. The van der Waals surface area contributed by atoms with Crippen molar-refractivity contribution in [1.82, 2.24) is 5.32 Å². The summed E-state index contributed by atoms with van der Waals surface area (Å²) in [5, 5.41) is 3.75. The van der Waals surface area contributed by atoms with Gasteiger partial charge in [-0.05, 0) is 30.9 Å². The molecule has 1 heterocycles. The largest absolute Gasteiger partial charge is 0.311 e. The van der Waals surface area contributed by atoms with Crippen molar-refractivity contribution in [2.24, 2.45) is 5.41 Å². The highest BCUT2D eigenvalue weighted by molar-refractivity contribution is 7.99. The first-order valence-electron chi connectivity index (χ1n) is 5.87. The van der Waals surface area contributed by atoms with Crippen LogP contribution in [0.5, 0.6) is 0 Å². The van der Waals surface area contributed by atoms with Gasteiger partial charge in [-0.15, -0.1) is 0 Å². The molecule has 2 unspecified atom stereocenters. The number of hydrogen-bond acceptors (Lipinski definition) is 2. The predicted octanol–water partition coefficient (Wildman–Crippen LogP) is 3.30. The van der Waals surface area contributed by atoms with E-state index >= 15 is 0 Å². The molecule has 0 aliphatic carbocycles. The topological polar surface area (TPSA) is 12.0 Å². The number of nitrogens with one attached hydrogen (secondary N) is 1. The summed E-state index contributed by atoms with van der Waals surface area (Å²) in [4.78, 5) is 0. The second-order valence-electron chi connectivity index (χ2n) is 5.44. The molecule has 1 nitrogen and oxygen atoms in total. The van der Waals surface area contributed by atoms with Gasteiger partial charge in [-0.3, -0.25) is 0 Å². The van der Waals surface area contributed by atoms with Crippen molar-refractivity contribution in [2.75, 3.05) is 11.5 Å². The maximum absolute atomic E-state index is 3.75. The lowest BCUT2D eigenvalue weighted by Gasteiger charge is -2.36. The van der Waals surface area contributed by atoms with Gasteiger partial charge in [0.15, 0.2) is 0 Å². The highest BCUT2D eigenvalue weighted by Crippen LogP contribution is 2.33. The first-order chi connectivity index (χ1) is 6.53. The summed E-state index contributed by atoms with van der Waals surface area (Å²) >= 11 is 2.11. The summed E-state index contributed by atoms with van der Waals surface area (Å²) in [6, 6.07) is 1.43. The average Bonchev–Trinajstić information content (AvgIpc) is 2.02. The fraction of sp³-hybridized carbons (Fsp3) is 1.00. The van der Waals surface area contributed by atoms with Gasteiger partial charge in [0.25, 0.3) is 0 Å². The first kappa shape index (κ1) is 12.4. The van der Waals surface area contributed by atoms with Gasteiger partial charge in [0.1, 0.15) is 0 Å². The molecular formula is C12H25NS. The van der Waals surface area contributed by atoms with Crippen LogP contribution in [0.4, 0.5) is 0 Å². The number of thioether (sulfide) groups is 1. The molecule has 1 rings (SSSR count). The molecule has 1 fully saturated rings. The summed E-state index contributed by atoms with van der Waals surface area (Å²) < 4.78 is 0. The fourth-order valence-corrected chi connectivity index (χ4v) is 3.57. The van der Waals surface area contributed by atoms with Crippen LogP contribution in [0, 0.1) is 5.41 Å². The van der Waals surface area contributed by atoms with Crippen LogP contribution in [0.25, 0.3) is 0 Å². The molecule has 0 aromatic rings. The van der Waals surface area contributed by atoms with Crippen molar-refractivity contribution >= 4 is 11.8 Å². The van der Waals surface area contributed by atoms with E-state index in [2.05, 4.69) is 44.8 Å². The van der Waals surface area contributed by atoms with Crippen molar-refractivity contribution in [2.45, 2.75) is 59.0 Å². The molecule has 1 N–H and O–H groups in total. The molecule has 1 saturated heterocycles. The van der Waals surface area contributed by atoms with E-state index < -0.39 is 0 Å². The lowest BCUT2D eigenvalue weighted by molar-refractivity contribution is 0.300. The van der Waals surface area contributed by atoms with E-state index in [0.717, 1.165) is 6.04 Å². The van der Waals surface area contributed by atoms with E-state index in [1.54, 1.807) is 0 Å². The van der Waals surface area contributed by atoms with Gasteiger partial charge in [-0.2, -0.15) is 11.8 Å². The van der Waals surface area contributed by atoms with Gasteiger partial charge < -0.3 is 5.32 Å². The molecule has 84 valence electrons. The molecule has 1 aliphatic rings. The Bertz CT molecular complexity index is 168. The zero-order valence-electron chi connectivity index (χ0n) is 10.1. The Hall–Kier alpha value is 0.310. The van der Waals surface area contributed by atoms with Crippen LogP contribution in [0.2, 0.25) is 0 Å². The van der Waals surface area contributed by atoms with Gasteiger partial charge in [0.2, 0.25) is 0 Å². The fourth-order valence-electron chi connectivity index (χ4n) is 2.29. The second kappa shape index (κ2) is 5.41. The molecule has 14 heavy (non-hydrogen) atoms. The van der Waals surface area contributed by atoms with Gasteiger partial charge in [-0.25, -0.2) is 0 Å². The van der Waals surface area contributed by atoms with Crippen LogP contribution in [0.1, 0.15) is 47.0 Å². The SMILES string of the molecule is CCCC(C)NC1CSCC(C)(C)C1. The summed E-state index contributed by atoms with van der Waals surface area (Å²) in [5.41, 5.74) is 0.534. The standard InChI is InChI=1S/C12H25NS/c1-5-6-10(2)13-11-7-12(3,4)9-14-8-11/h10-11,13H,5-9H2,1-4H3. The van der Waals surface area contributed by atoms with Gasteiger partial charge in [0, 0.05) is 17.8 Å². The highest BCUT2D eigenvalue weighted by Gasteiger charge is 2.28. The minimum absolute atomic E-state index is 0.534. The van der Waals surface area contributed by atoms with E-state index in [4.69, 9.17) is 0 Å². The molecule has 0 spiro atoms. The third-order valence-electron chi connectivity index (χ3n) is 2.85. The lowest BCUT2D eigenvalue weighted by atomic mass is 9.87. The van der Waals surface area contributed by atoms with E-state index in [1.807, 2.05) is 0 Å². The minimum atomic E-state index is 0.534. The maximum Gasteiger partial charge on any atom is 0.0166 e. The molecule has 0 bridgehead atoms. The van der Waals surface area contributed by atoms with Crippen LogP contribution >= 0.6 is 11.8 Å². The molecule has 2 atom stereocenters. The molecular weight excluding hydrogens is 190 g/mol. The molecule has 0 amide bonds. The van der Waals surface area contributed by atoms with Crippen LogP contribution in [-0.2, 0) is 0 Å². The Morgan fingerprint density at radius 3 is 2.79 bits per heavy atom. The quantitative estimate of drug-likeness (QED) is 0.772. The Kier molecular flexibility index (Phi) is 4.78. The minimum Gasteiger partial charge on any atom is -0.311 e. The van der Waals surface area contributed by atoms with Gasteiger partial charge in [-0.1, -0.05) is 27.2 Å². The highest BCUT2D eigenvalue weighted by atomic mass is 32.2. The maximum atomic E-state index is 3.75. The number of rotatable bonds is 4. The van der Waals surface area contributed by atoms with Crippen molar-refractivity contribution in [3.05, 3.63) is 0 Å². The van der Waals surface area contributed by atoms with Gasteiger partial charge in [0.05, 0.1) is 0 Å². The van der Waals surface area contributed by atoms with Crippen LogP contribution < -0.4 is 5.32 Å². The molecule has 0 aromatic carbocycles. The summed E-state index contributed by atoms with van der Waals surface area (Å²) in [6.07, 6.45) is 3.94. The monoisotopic (exact) mass is 215 g/mol. The van der Waals surface area contributed by atoms with Crippen LogP contribution in [0.15, 0.2) is 0 Å². The molecule has 1 aliphatic heterocycles. The third-order valence-corrected chi connectivity index (χ3v) is 4.48. The molecule has 2 heteroatoms. The van der Waals surface area contributed by atoms with E-state index in [0.29, 0.717) is 11.5 Å². The zero-order chi connectivity index (χ0) is 10.6. The zero-order valence-corrected chi connectivity index (χ0v) is 10.9. The Balaban J connectivity index is 2.30. The summed E-state index contributed by atoms with van der Waals surface area (Å²) in [7, 11) is 0. The van der Waals surface area contributed by atoms with E-state index in [-0.39, 0.29) is 0 Å². The third kappa shape index (κ3) is 4.22. The normalized spacial score (nSPS) is 28.7. The van der Waals surface area contributed by atoms with Crippen LogP contribution in [-0.4, -0.2) is 23.6 Å². The first-order valence-corrected chi connectivity index (χ1v) is 7.03. The Morgan fingerprint density at radius 2 is 2.21 bits per heavy atom. The number of hydrogen-bond donors (Lipinski definition) is 1. The van der Waals surface area contributed by atoms with Crippen molar-refractivity contribution < 1.29 is 0 Å². The average molecular weight is 215 g/mol. The summed E-state index contributed by atoms with van der Waals surface area (Å²) in [5.74, 6) is 2.63. The van der Waals surface area contributed by atoms with Crippen LogP contribution in [0.3, 0.4) is 0 Å². The van der Waals surface area contributed by atoms with E-state index in [1.165, 1.54) is 30.8 Å². The summed E-state index contributed by atoms with van der Waals surface area (Å²) in [6.45, 7) is 9.35. The molecule has 0 radical (unpaired) electrons. The Morgan fingerprint density at radius 1 is 1.50 bits per heavy atom. The van der Waals surface area contributed by atoms with Crippen molar-refractivity contribution in [3.63, 3.8) is 0 Å². The second-order valence-corrected chi connectivity index (χ2v) is 6.47. The molecule has 0 saturated carbocycles. The lowest BCUT2D eigenvalue weighted by Crippen LogP contribution is -2.44. The smallest absolute Gasteiger partial charge is 0.0166 e. The predicted molar refractivity (Wildman–Crippen MR) is 67.0 cm³/mol.